The van der Waals surface area contributed by atoms with E-state index in [0.717, 1.165) is 18.8 Å². The van der Waals surface area contributed by atoms with Crippen LogP contribution in [-0.2, 0) is 14.3 Å². The lowest BCUT2D eigenvalue weighted by Gasteiger charge is -2.18. The number of hydrogen-bond acceptors (Lipinski definition) is 7. The van der Waals surface area contributed by atoms with E-state index < -0.39 is 16.7 Å². The second-order valence-electron chi connectivity index (χ2n) is 8.03. The summed E-state index contributed by atoms with van der Waals surface area (Å²) >= 11 is 0. The normalized spacial score (nSPS) is 16.2. The maximum Gasteiger partial charge on any atom is 0.278 e. The van der Waals surface area contributed by atoms with Crippen molar-refractivity contribution in [3.05, 3.63) is 69.9 Å². The van der Waals surface area contributed by atoms with E-state index in [1.54, 1.807) is 7.11 Å². The van der Waals surface area contributed by atoms with Gasteiger partial charge in [-0.1, -0.05) is 0 Å². The number of anilines is 2. The van der Waals surface area contributed by atoms with Gasteiger partial charge in [-0.25, -0.2) is 0 Å². The first-order valence-electron chi connectivity index (χ1n) is 11.0. The van der Waals surface area contributed by atoms with E-state index in [1.165, 1.54) is 42.0 Å². The number of nitrogens with zero attached hydrogens (tertiary/aromatic N) is 3. The molecule has 0 radical (unpaired) electrons. The van der Waals surface area contributed by atoms with Gasteiger partial charge < -0.3 is 15.0 Å². The van der Waals surface area contributed by atoms with E-state index in [-0.39, 0.29) is 23.5 Å². The summed E-state index contributed by atoms with van der Waals surface area (Å²) < 4.78 is 5.05. The van der Waals surface area contributed by atoms with E-state index in [2.05, 4.69) is 10.2 Å². The summed E-state index contributed by atoms with van der Waals surface area (Å²) in [7, 11) is 1.56. The topological polar surface area (TPSA) is 105 Å². The maximum atomic E-state index is 13.2. The molecule has 0 saturated carbocycles. The fourth-order valence-corrected chi connectivity index (χ4v) is 4.15. The van der Waals surface area contributed by atoms with Crippen molar-refractivity contribution in [2.75, 3.05) is 43.6 Å². The van der Waals surface area contributed by atoms with E-state index in [1.807, 2.05) is 24.3 Å². The average molecular weight is 450 g/mol. The van der Waals surface area contributed by atoms with Crippen LogP contribution in [0.15, 0.2) is 54.2 Å². The first-order chi connectivity index (χ1) is 16.0. The molecule has 0 unspecified atom stereocenters. The molecular weight excluding hydrogens is 424 g/mol. The van der Waals surface area contributed by atoms with Gasteiger partial charge in [0.15, 0.2) is 0 Å². The molecule has 2 aromatic carbocycles. The van der Waals surface area contributed by atoms with Crippen LogP contribution in [-0.4, -0.2) is 55.0 Å². The molecule has 0 bridgehead atoms. The molecule has 2 heterocycles. The zero-order chi connectivity index (χ0) is 23.4. The highest BCUT2D eigenvalue weighted by molar-refractivity contribution is 6.36. The smallest absolute Gasteiger partial charge is 0.278 e. The molecule has 4 rings (SSSR count). The Morgan fingerprint density at radius 1 is 1.00 bits per heavy atom. The van der Waals surface area contributed by atoms with Crippen molar-refractivity contribution in [2.24, 2.45) is 0 Å². The minimum atomic E-state index is -0.502. The fraction of sp³-hybridized carbons (Fsp3) is 0.333. The average Bonchev–Trinajstić information content (AvgIpc) is 3.43. The summed E-state index contributed by atoms with van der Waals surface area (Å²) in [5.41, 5.74) is 2.55. The second kappa shape index (κ2) is 9.83. The van der Waals surface area contributed by atoms with Crippen molar-refractivity contribution in [2.45, 2.75) is 19.3 Å². The third-order valence-electron chi connectivity index (χ3n) is 5.87. The molecule has 0 aromatic heterocycles. The van der Waals surface area contributed by atoms with Crippen LogP contribution in [0.25, 0.3) is 5.57 Å². The second-order valence-corrected chi connectivity index (χ2v) is 8.03. The lowest BCUT2D eigenvalue weighted by atomic mass is 10.0. The summed E-state index contributed by atoms with van der Waals surface area (Å²) in [5, 5.41) is 14.1. The number of benzene rings is 2. The Morgan fingerprint density at radius 2 is 1.67 bits per heavy atom. The minimum Gasteiger partial charge on any atom is -0.385 e. The number of rotatable bonds is 9. The van der Waals surface area contributed by atoms with Crippen LogP contribution < -0.4 is 10.2 Å². The van der Waals surface area contributed by atoms with Crippen LogP contribution in [0.4, 0.5) is 17.1 Å². The highest BCUT2D eigenvalue weighted by atomic mass is 16.6. The van der Waals surface area contributed by atoms with Crippen LogP contribution in [0.2, 0.25) is 0 Å². The first-order valence-corrected chi connectivity index (χ1v) is 11.0. The Kier molecular flexibility index (Phi) is 6.69. The molecule has 1 fully saturated rings. The quantitative estimate of drug-likeness (QED) is 0.270. The van der Waals surface area contributed by atoms with Crippen molar-refractivity contribution in [3.8, 4) is 0 Å². The van der Waals surface area contributed by atoms with Gasteiger partial charge in [0, 0.05) is 56.9 Å². The zero-order valence-corrected chi connectivity index (χ0v) is 18.5. The summed E-state index contributed by atoms with van der Waals surface area (Å²) in [5.74, 6) is -0.853. The van der Waals surface area contributed by atoms with Gasteiger partial charge in [0.2, 0.25) is 0 Å². The van der Waals surface area contributed by atoms with E-state index >= 15 is 0 Å². The minimum absolute atomic E-state index is 0.0833. The maximum absolute atomic E-state index is 13.2. The zero-order valence-electron chi connectivity index (χ0n) is 18.5. The van der Waals surface area contributed by atoms with Crippen LogP contribution in [0.3, 0.4) is 0 Å². The van der Waals surface area contributed by atoms with Crippen molar-refractivity contribution in [1.82, 2.24) is 4.90 Å². The largest absolute Gasteiger partial charge is 0.385 e. The molecule has 2 amide bonds. The lowest BCUT2D eigenvalue weighted by molar-refractivity contribution is -0.384. The predicted octanol–water partition coefficient (Wildman–Crippen LogP) is 3.42. The van der Waals surface area contributed by atoms with Crippen molar-refractivity contribution in [3.63, 3.8) is 0 Å². The van der Waals surface area contributed by atoms with E-state index in [9.17, 15) is 19.7 Å². The van der Waals surface area contributed by atoms with Crippen molar-refractivity contribution >= 4 is 34.4 Å². The fourth-order valence-electron chi connectivity index (χ4n) is 4.15. The van der Waals surface area contributed by atoms with Crippen LogP contribution >= 0.6 is 0 Å². The molecule has 2 aliphatic heterocycles. The standard InChI is InChI=1S/C24H26N4O5/c1-33-16-4-15-27-23(29)21(17-5-9-20(10-6-17)28(31)32)22(24(27)30)25-18-7-11-19(12-8-18)26-13-2-3-14-26/h5-12,25H,2-4,13-16H2,1H3. The third-order valence-corrected chi connectivity index (χ3v) is 5.87. The van der Waals surface area contributed by atoms with Crippen molar-refractivity contribution in [1.29, 1.82) is 0 Å². The number of nitro benzene ring substituents is 1. The highest BCUT2D eigenvalue weighted by Crippen LogP contribution is 2.32. The molecule has 1 saturated heterocycles. The number of methoxy groups -OCH3 is 1. The number of carbonyl (C=O) groups is 2. The SMILES string of the molecule is COCCCN1C(=O)C(Nc2ccc(N3CCCC3)cc2)=C(c2ccc([N+](=O)[O-])cc2)C1=O. The molecule has 0 aliphatic carbocycles. The molecule has 9 heteroatoms. The van der Waals surface area contributed by atoms with Gasteiger partial charge in [-0.05, 0) is 61.2 Å². The highest BCUT2D eigenvalue weighted by Gasteiger charge is 2.39. The molecular formula is C24H26N4O5. The van der Waals surface area contributed by atoms with Gasteiger partial charge in [-0.3, -0.25) is 24.6 Å². The molecule has 1 N–H and O–H groups in total. The number of amides is 2. The number of carbonyl (C=O) groups excluding carboxylic acids is 2. The molecule has 9 nitrogen and oxygen atoms in total. The molecule has 0 atom stereocenters. The lowest BCUT2D eigenvalue weighted by Crippen LogP contribution is -2.33. The summed E-state index contributed by atoms with van der Waals surface area (Å²) in [6, 6.07) is 13.4. The first kappa shape index (κ1) is 22.5. The Labute approximate surface area is 191 Å². The summed E-state index contributed by atoms with van der Waals surface area (Å²) in [6.45, 7) is 2.71. The van der Waals surface area contributed by atoms with E-state index in [4.69, 9.17) is 4.74 Å². The third kappa shape index (κ3) is 4.73. The van der Waals surface area contributed by atoms with Crippen LogP contribution in [0, 0.1) is 10.1 Å². The van der Waals surface area contributed by atoms with Crippen LogP contribution in [0.5, 0.6) is 0 Å². The number of nitro groups is 1. The van der Waals surface area contributed by atoms with Crippen molar-refractivity contribution < 1.29 is 19.2 Å². The Hall–Kier alpha value is -3.72. The van der Waals surface area contributed by atoms with Gasteiger partial charge in [0.05, 0.1) is 10.5 Å². The number of imide groups is 1. The Morgan fingerprint density at radius 3 is 2.27 bits per heavy atom. The predicted molar refractivity (Wildman–Crippen MR) is 125 cm³/mol. The number of non-ortho nitro benzene ring substituents is 1. The van der Waals surface area contributed by atoms with Gasteiger partial charge in [0.1, 0.15) is 5.70 Å². The summed E-state index contributed by atoms with van der Waals surface area (Å²) in [4.78, 5) is 40.4. The van der Waals surface area contributed by atoms with Gasteiger partial charge in [0.25, 0.3) is 17.5 Å². The van der Waals surface area contributed by atoms with Gasteiger partial charge in [-0.2, -0.15) is 0 Å². The number of nitrogens with one attached hydrogen (secondary N) is 1. The van der Waals surface area contributed by atoms with E-state index in [0.29, 0.717) is 24.3 Å². The van der Waals surface area contributed by atoms with Crippen LogP contribution in [0.1, 0.15) is 24.8 Å². The van der Waals surface area contributed by atoms with Gasteiger partial charge in [-0.15, -0.1) is 0 Å². The Balaban J connectivity index is 1.64. The Bertz CT molecular complexity index is 1070. The molecule has 2 aromatic rings. The number of ether oxygens (including phenoxy) is 1. The molecule has 33 heavy (non-hydrogen) atoms. The number of hydrogen-bond donors (Lipinski definition) is 1. The summed E-state index contributed by atoms with van der Waals surface area (Å²) in [6.07, 6.45) is 2.88. The molecule has 0 spiro atoms. The monoisotopic (exact) mass is 450 g/mol. The van der Waals surface area contributed by atoms with Gasteiger partial charge >= 0.3 is 0 Å². The molecule has 2 aliphatic rings. The molecule has 172 valence electrons.